The van der Waals surface area contributed by atoms with Gasteiger partial charge in [-0.1, -0.05) is 18.2 Å². The van der Waals surface area contributed by atoms with Crippen LogP contribution in [0.1, 0.15) is 32.7 Å². The van der Waals surface area contributed by atoms with E-state index in [9.17, 15) is 19.2 Å². The molecular formula is C22H19N3O5S. The lowest BCUT2D eigenvalue weighted by atomic mass is 10.1. The van der Waals surface area contributed by atoms with Crippen molar-refractivity contribution in [2.75, 3.05) is 23.9 Å². The van der Waals surface area contributed by atoms with Crippen LogP contribution in [0.5, 0.6) is 0 Å². The quantitative estimate of drug-likeness (QED) is 0.498. The number of carbonyl (C=O) groups is 4. The minimum atomic E-state index is -1.13. The van der Waals surface area contributed by atoms with Crippen molar-refractivity contribution in [3.05, 3.63) is 65.2 Å². The number of esters is 1. The van der Waals surface area contributed by atoms with E-state index in [-0.39, 0.29) is 17.5 Å². The van der Waals surface area contributed by atoms with Gasteiger partial charge in [-0.25, -0.2) is 4.79 Å². The summed E-state index contributed by atoms with van der Waals surface area (Å²) in [5, 5.41) is 11.5. The predicted molar refractivity (Wildman–Crippen MR) is 114 cm³/mol. The fourth-order valence-electron chi connectivity index (χ4n) is 3.17. The summed E-state index contributed by atoms with van der Waals surface area (Å²) in [5.74, 6) is -2.03. The zero-order valence-electron chi connectivity index (χ0n) is 16.7. The maximum Gasteiger partial charge on any atom is 0.329 e. The van der Waals surface area contributed by atoms with Gasteiger partial charge in [0.25, 0.3) is 17.7 Å². The summed E-state index contributed by atoms with van der Waals surface area (Å²) in [7, 11) is 0. The topological polar surface area (TPSA) is 117 Å². The van der Waals surface area contributed by atoms with Gasteiger partial charge in [-0.15, -0.1) is 0 Å². The molecule has 1 atom stereocenters. The molecule has 0 saturated carbocycles. The Hall–Kier alpha value is -3.64. The van der Waals surface area contributed by atoms with Crippen molar-refractivity contribution in [2.24, 2.45) is 0 Å². The number of ether oxygens (including phenoxy) is 1. The molecule has 1 aliphatic rings. The summed E-state index contributed by atoms with van der Waals surface area (Å²) in [4.78, 5) is 51.3. The highest BCUT2D eigenvalue weighted by atomic mass is 32.2. The third kappa shape index (κ3) is 4.92. The summed E-state index contributed by atoms with van der Waals surface area (Å²) in [5.41, 5.74) is 1.24. The van der Waals surface area contributed by atoms with Crippen molar-refractivity contribution in [1.82, 2.24) is 4.90 Å². The standard InChI is InChI=1S/C22H19N3O5S/c1-31-10-9-18(25-20(27)16-7-2-3-8-17(16)21(25)28)22(29)30-13-19(26)24-15-6-4-5-14(11-15)12-23/h2-8,11,18H,9-10,13H2,1H3,(H,24,26). The lowest BCUT2D eigenvalue weighted by Crippen LogP contribution is -2.46. The molecule has 0 fully saturated rings. The van der Waals surface area contributed by atoms with Crippen LogP contribution in [-0.4, -0.2) is 53.2 Å². The monoisotopic (exact) mass is 437 g/mol. The van der Waals surface area contributed by atoms with E-state index in [2.05, 4.69) is 5.32 Å². The molecular weight excluding hydrogens is 418 g/mol. The fourth-order valence-corrected chi connectivity index (χ4v) is 3.63. The largest absolute Gasteiger partial charge is 0.454 e. The van der Waals surface area contributed by atoms with Gasteiger partial charge >= 0.3 is 5.97 Å². The molecule has 0 bridgehead atoms. The third-order valence-electron chi connectivity index (χ3n) is 4.63. The highest BCUT2D eigenvalue weighted by Crippen LogP contribution is 2.26. The second-order valence-electron chi connectivity index (χ2n) is 6.67. The van der Waals surface area contributed by atoms with Crippen molar-refractivity contribution in [2.45, 2.75) is 12.5 Å². The van der Waals surface area contributed by atoms with Crippen LogP contribution in [0.3, 0.4) is 0 Å². The molecule has 3 amide bonds. The van der Waals surface area contributed by atoms with E-state index < -0.39 is 36.3 Å². The molecule has 158 valence electrons. The molecule has 9 heteroatoms. The lowest BCUT2D eigenvalue weighted by molar-refractivity contribution is -0.151. The summed E-state index contributed by atoms with van der Waals surface area (Å²) in [6.45, 7) is -0.589. The molecule has 1 heterocycles. The van der Waals surface area contributed by atoms with Crippen LogP contribution < -0.4 is 5.32 Å². The maximum atomic E-state index is 12.7. The minimum absolute atomic E-state index is 0.206. The minimum Gasteiger partial charge on any atom is -0.454 e. The first-order valence-electron chi connectivity index (χ1n) is 9.38. The van der Waals surface area contributed by atoms with Crippen LogP contribution in [0, 0.1) is 11.3 Å². The van der Waals surface area contributed by atoms with E-state index >= 15 is 0 Å². The Balaban J connectivity index is 1.68. The molecule has 31 heavy (non-hydrogen) atoms. The van der Waals surface area contributed by atoms with Gasteiger partial charge in [0, 0.05) is 5.69 Å². The van der Waals surface area contributed by atoms with E-state index in [4.69, 9.17) is 10.00 Å². The Morgan fingerprint density at radius 3 is 2.42 bits per heavy atom. The Bertz CT molecular complexity index is 1040. The Morgan fingerprint density at radius 1 is 1.13 bits per heavy atom. The smallest absolute Gasteiger partial charge is 0.329 e. The van der Waals surface area contributed by atoms with Crippen molar-refractivity contribution < 1.29 is 23.9 Å². The third-order valence-corrected chi connectivity index (χ3v) is 5.27. The molecule has 0 aliphatic carbocycles. The number of nitrogens with one attached hydrogen (secondary N) is 1. The van der Waals surface area contributed by atoms with E-state index in [1.807, 2.05) is 12.3 Å². The Kier molecular flexibility index (Phi) is 7.05. The number of rotatable bonds is 8. The van der Waals surface area contributed by atoms with Crippen molar-refractivity contribution in [1.29, 1.82) is 5.26 Å². The van der Waals surface area contributed by atoms with E-state index in [1.54, 1.807) is 30.3 Å². The van der Waals surface area contributed by atoms with Crippen molar-refractivity contribution >= 4 is 41.1 Å². The second kappa shape index (κ2) is 9.91. The van der Waals surface area contributed by atoms with Crippen LogP contribution in [-0.2, 0) is 14.3 Å². The Morgan fingerprint density at radius 2 is 1.81 bits per heavy atom. The van der Waals surface area contributed by atoms with Crippen LogP contribution in [0.2, 0.25) is 0 Å². The molecule has 1 N–H and O–H groups in total. The van der Waals surface area contributed by atoms with E-state index in [0.717, 1.165) is 4.90 Å². The number of carbonyl (C=O) groups excluding carboxylic acids is 4. The van der Waals surface area contributed by atoms with E-state index in [1.165, 1.54) is 30.0 Å². The zero-order chi connectivity index (χ0) is 22.4. The van der Waals surface area contributed by atoms with Crippen molar-refractivity contribution in [3.8, 4) is 6.07 Å². The van der Waals surface area contributed by atoms with Crippen LogP contribution >= 0.6 is 11.8 Å². The molecule has 0 saturated heterocycles. The number of nitrogens with zero attached hydrogens (tertiary/aromatic N) is 2. The number of imide groups is 1. The number of hydrogen-bond donors (Lipinski definition) is 1. The van der Waals surface area contributed by atoms with Gasteiger partial charge in [0.05, 0.1) is 22.8 Å². The van der Waals surface area contributed by atoms with Gasteiger partial charge in [-0.3, -0.25) is 19.3 Å². The van der Waals surface area contributed by atoms with Crippen LogP contribution in [0.15, 0.2) is 48.5 Å². The first-order valence-corrected chi connectivity index (χ1v) is 10.8. The lowest BCUT2D eigenvalue weighted by Gasteiger charge is -2.24. The van der Waals surface area contributed by atoms with E-state index in [0.29, 0.717) is 17.0 Å². The number of benzene rings is 2. The average Bonchev–Trinajstić information content (AvgIpc) is 3.03. The van der Waals surface area contributed by atoms with Gasteiger partial charge in [0.15, 0.2) is 6.61 Å². The first kappa shape index (κ1) is 22.1. The number of thioether (sulfide) groups is 1. The van der Waals surface area contributed by atoms with Crippen molar-refractivity contribution in [3.63, 3.8) is 0 Å². The zero-order valence-corrected chi connectivity index (χ0v) is 17.5. The fraction of sp³-hybridized carbons (Fsp3) is 0.227. The van der Waals surface area contributed by atoms with Gasteiger partial charge < -0.3 is 10.1 Å². The molecule has 8 nitrogen and oxygen atoms in total. The number of fused-ring (bicyclic) bond motifs is 1. The molecule has 0 radical (unpaired) electrons. The second-order valence-corrected chi connectivity index (χ2v) is 7.66. The highest BCUT2D eigenvalue weighted by Gasteiger charge is 2.43. The number of hydrogen-bond acceptors (Lipinski definition) is 7. The predicted octanol–water partition coefficient (Wildman–Crippen LogP) is 2.46. The summed E-state index contributed by atoms with van der Waals surface area (Å²) in [6.07, 6.45) is 2.05. The summed E-state index contributed by atoms with van der Waals surface area (Å²) >= 11 is 1.46. The van der Waals surface area contributed by atoms with Gasteiger partial charge in [-0.2, -0.15) is 17.0 Å². The molecule has 3 rings (SSSR count). The maximum absolute atomic E-state index is 12.7. The molecule has 0 spiro atoms. The first-order chi connectivity index (χ1) is 15.0. The molecule has 1 unspecified atom stereocenters. The highest BCUT2D eigenvalue weighted by molar-refractivity contribution is 7.98. The number of anilines is 1. The normalized spacial score (nSPS) is 13.4. The van der Waals surface area contributed by atoms with Crippen LogP contribution in [0.25, 0.3) is 0 Å². The van der Waals surface area contributed by atoms with Gasteiger partial charge in [-0.05, 0) is 48.8 Å². The molecule has 0 aromatic heterocycles. The Labute approximate surface area is 183 Å². The summed E-state index contributed by atoms with van der Waals surface area (Å²) in [6, 6.07) is 13.5. The molecule has 2 aromatic rings. The summed E-state index contributed by atoms with van der Waals surface area (Å²) < 4.78 is 5.13. The SMILES string of the molecule is CSCCC(C(=O)OCC(=O)Nc1cccc(C#N)c1)N1C(=O)c2ccccc2C1=O. The van der Waals surface area contributed by atoms with Crippen LogP contribution in [0.4, 0.5) is 5.69 Å². The van der Waals surface area contributed by atoms with Gasteiger partial charge in [0.2, 0.25) is 0 Å². The molecule has 2 aromatic carbocycles. The number of amides is 3. The van der Waals surface area contributed by atoms with Gasteiger partial charge in [0.1, 0.15) is 6.04 Å². The number of nitriles is 1. The average molecular weight is 437 g/mol. The molecule has 1 aliphatic heterocycles.